The Morgan fingerprint density at radius 2 is 1.83 bits per heavy atom. The zero-order valence-corrected chi connectivity index (χ0v) is 17.3. The fraction of sp³-hybridized carbons (Fsp3) is 0.364. The topological polar surface area (TPSA) is 86.4 Å². The Hall–Kier alpha value is -3.42. The van der Waals surface area contributed by atoms with Gasteiger partial charge in [0, 0.05) is 38.8 Å². The maximum absolute atomic E-state index is 12.7. The lowest BCUT2D eigenvalue weighted by Crippen LogP contribution is -2.37. The Bertz CT molecular complexity index is 1230. The molecule has 3 heterocycles. The Labute approximate surface area is 173 Å². The van der Waals surface area contributed by atoms with Crippen LogP contribution in [0.5, 0.6) is 5.75 Å². The van der Waals surface area contributed by atoms with Gasteiger partial charge in [-0.1, -0.05) is 12.1 Å². The molecule has 8 nitrogen and oxygen atoms in total. The third-order valence-corrected chi connectivity index (χ3v) is 5.80. The van der Waals surface area contributed by atoms with Gasteiger partial charge in [0.1, 0.15) is 11.4 Å². The average molecular weight is 408 g/mol. The van der Waals surface area contributed by atoms with E-state index in [4.69, 9.17) is 4.74 Å². The third-order valence-electron chi connectivity index (χ3n) is 5.80. The van der Waals surface area contributed by atoms with E-state index in [1.54, 1.807) is 20.2 Å². The molecule has 1 fully saturated rings. The van der Waals surface area contributed by atoms with Crippen molar-refractivity contribution in [2.75, 3.05) is 20.2 Å². The van der Waals surface area contributed by atoms with Crippen LogP contribution >= 0.6 is 0 Å². The number of nitrogens with zero attached hydrogens (tertiary/aromatic N) is 4. The number of amides is 1. The molecule has 3 aromatic rings. The van der Waals surface area contributed by atoms with E-state index in [9.17, 15) is 14.4 Å². The van der Waals surface area contributed by atoms with Crippen LogP contribution in [-0.2, 0) is 25.3 Å². The molecule has 1 aliphatic heterocycles. The van der Waals surface area contributed by atoms with Gasteiger partial charge in [0.15, 0.2) is 0 Å². The molecule has 0 N–H and O–H groups in total. The van der Waals surface area contributed by atoms with Gasteiger partial charge in [0.2, 0.25) is 5.91 Å². The number of fused-ring (bicyclic) bond motifs is 1. The largest absolute Gasteiger partial charge is 0.497 e. The summed E-state index contributed by atoms with van der Waals surface area (Å²) in [6, 6.07) is 11.1. The lowest BCUT2D eigenvalue weighted by molar-refractivity contribution is -0.129. The predicted molar refractivity (Wildman–Crippen MR) is 113 cm³/mol. The monoisotopic (exact) mass is 408 g/mol. The molecule has 0 radical (unpaired) electrons. The fourth-order valence-electron chi connectivity index (χ4n) is 3.95. The molecule has 1 amide bonds. The number of hydrogen-bond donors (Lipinski definition) is 0. The van der Waals surface area contributed by atoms with Gasteiger partial charge in [0.25, 0.3) is 5.56 Å². The number of benzene rings is 1. The minimum Gasteiger partial charge on any atom is -0.497 e. The van der Waals surface area contributed by atoms with Crippen molar-refractivity contribution in [2.45, 2.75) is 18.8 Å². The van der Waals surface area contributed by atoms with E-state index in [-0.39, 0.29) is 17.4 Å². The predicted octanol–water partition coefficient (Wildman–Crippen LogP) is 1.20. The van der Waals surface area contributed by atoms with Gasteiger partial charge in [0.05, 0.1) is 18.9 Å². The van der Waals surface area contributed by atoms with Gasteiger partial charge in [-0.15, -0.1) is 0 Å². The number of likely N-dealkylation sites (tertiary alicyclic amines) is 1. The second-order valence-electron chi connectivity index (χ2n) is 7.66. The van der Waals surface area contributed by atoms with Crippen LogP contribution in [0, 0.1) is 0 Å². The number of hydrogen-bond acceptors (Lipinski definition) is 5. The summed E-state index contributed by atoms with van der Waals surface area (Å²) in [5.41, 5.74) is 1.36. The van der Waals surface area contributed by atoms with Crippen molar-refractivity contribution in [1.82, 2.24) is 19.0 Å². The normalized spacial score (nSPS) is 16.2. The first-order valence-electron chi connectivity index (χ1n) is 9.86. The first-order valence-corrected chi connectivity index (χ1v) is 9.86. The van der Waals surface area contributed by atoms with E-state index in [0.29, 0.717) is 30.5 Å². The van der Waals surface area contributed by atoms with Crippen LogP contribution in [0.25, 0.3) is 11.0 Å². The van der Waals surface area contributed by atoms with E-state index in [1.165, 1.54) is 11.6 Å². The van der Waals surface area contributed by atoms with Crippen LogP contribution < -0.4 is 16.0 Å². The number of methoxy groups -OCH3 is 1. The van der Waals surface area contributed by atoms with E-state index in [0.717, 1.165) is 28.0 Å². The Morgan fingerprint density at radius 1 is 1.10 bits per heavy atom. The van der Waals surface area contributed by atoms with Crippen molar-refractivity contribution in [3.63, 3.8) is 0 Å². The Kier molecular flexibility index (Phi) is 5.15. The average Bonchev–Trinajstić information content (AvgIpc) is 3.27. The maximum atomic E-state index is 12.7. The second-order valence-corrected chi connectivity index (χ2v) is 7.66. The molecule has 30 heavy (non-hydrogen) atoms. The van der Waals surface area contributed by atoms with Crippen molar-refractivity contribution in [1.29, 1.82) is 0 Å². The number of aromatic nitrogens is 3. The number of pyridine rings is 1. The van der Waals surface area contributed by atoms with Gasteiger partial charge in [-0.25, -0.2) is 9.78 Å². The van der Waals surface area contributed by atoms with E-state index in [1.807, 2.05) is 35.2 Å². The zero-order chi connectivity index (χ0) is 21.4. The molecule has 0 unspecified atom stereocenters. The molecule has 156 valence electrons. The summed E-state index contributed by atoms with van der Waals surface area (Å²) in [7, 11) is 4.68. The van der Waals surface area contributed by atoms with Crippen LogP contribution in [0.1, 0.15) is 23.6 Å². The zero-order valence-electron chi connectivity index (χ0n) is 17.3. The van der Waals surface area contributed by atoms with Gasteiger partial charge in [-0.2, -0.15) is 0 Å². The number of carbonyl (C=O) groups is 1. The molecule has 1 aromatic carbocycles. The minimum absolute atomic E-state index is 0.0738. The lowest BCUT2D eigenvalue weighted by Gasteiger charge is -2.17. The van der Waals surface area contributed by atoms with E-state index in [2.05, 4.69) is 4.98 Å². The highest BCUT2D eigenvalue weighted by molar-refractivity contribution is 5.79. The van der Waals surface area contributed by atoms with Crippen LogP contribution in [0.2, 0.25) is 0 Å². The lowest BCUT2D eigenvalue weighted by atomic mass is 10.0. The maximum Gasteiger partial charge on any atom is 0.332 e. The molecule has 0 saturated carbocycles. The highest BCUT2D eigenvalue weighted by Gasteiger charge is 2.28. The highest BCUT2D eigenvalue weighted by Crippen LogP contribution is 2.27. The summed E-state index contributed by atoms with van der Waals surface area (Å²) < 4.78 is 7.63. The molecule has 1 aliphatic rings. The van der Waals surface area contributed by atoms with Gasteiger partial charge in [-0.3, -0.25) is 18.7 Å². The van der Waals surface area contributed by atoms with Crippen LogP contribution in [0.15, 0.2) is 46.0 Å². The smallest absolute Gasteiger partial charge is 0.332 e. The molecular weight excluding hydrogens is 384 g/mol. The SMILES string of the molecule is COc1ccc(CC(=O)N2CC[C@H](c3ccc4c(=O)n(C)c(=O)n(C)c4n3)C2)cc1. The van der Waals surface area contributed by atoms with Gasteiger partial charge < -0.3 is 9.64 Å². The summed E-state index contributed by atoms with van der Waals surface area (Å²) in [6.07, 6.45) is 1.14. The molecule has 8 heteroatoms. The van der Waals surface area contributed by atoms with Crippen molar-refractivity contribution >= 4 is 16.9 Å². The van der Waals surface area contributed by atoms with Crippen molar-refractivity contribution in [2.24, 2.45) is 14.1 Å². The van der Waals surface area contributed by atoms with E-state index < -0.39 is 5.69 Å². The number of rotatable bonds is 4. The fourth-order valence-corrected chi connectivity index (χ4v) is 3.95. The Morgan fingerprint density at radius 3 is 2.53 bits per heavy atom. The van der Waals surface area contributed by atoms with Crippen molar-refractivity contribution < 1.29 is 9.53 Å². The van der Waals surface area contributed by atoms with Gasteiger partial charge >= 0.3 is 5.69 Å². The van der Waals surface area contributed by atoms with Crippen molar-refractivity contribution in [3.8, 4) is 5.75 Å². The molecule has 4 rings (SSSR count). The quantitative estimate of drug-likeness (QED) is 0.648. The third kappa shape index (κ3) is 3.49. The number of aryl methyl sites for hydroxylation is 1. The summed E-state index contributed by atoms with van der Waals surface area (Å²) in [5, 5.41) is 0.411. The summed E-state index contributed by atoms with van der Waals surface area (Å²) >= 11 is 0. The second kappa shape index (κ2) is 7.78. The first-order chi connectivity index (χ1) is 14.4. The highest BCUT2D eigenvalue weighted by atomic mass is 16.5. The number of ether oxygens (including phenoxy) is 1. The minimum atomic E-state index is -0.403. The van der Waals surface area contributed by atoms with E-state index >= 15 is 0 Å². The van der Waals surface area contributed by atoms with Crippen molar-refractivity contribution in [3.05, 3.63) is 68.5 Å². The number of carbonyl (C=O) groups excluding carboxylic acids is 1. The Balaban J connectivity index is 1.52. The molecular formula is C22H24N4O4. The molecule has 1 saturated heterocycles. The molecule has 2 aromatic heterocycles. The first kappa shape index (κ1) is 19.9. The molecule has 0 spiro atoms. The van der Waals surface area contributed by atoms with Crippen LogP contribution in [-0.4, -0.2) is 45.1 Å². The molecule has 1 atom stereocenters. The molecule has 0 bridgehead atoms. The molecule has 0 aliphatic carbocycles. The van der Waals surface area contributed by atoms with Crippen LogP contribution in [0.3, 0.4) is 0 Å². The standard InChI is InChI=1S/C22H24N4O4/c1-24-20-17(21(28)25(2)22(24)29)8-9-18(23-20)15-10-11-26(13-15)19(27)12-14-4-6-16(30-3)7-5-14/h4-9,15H,10-13H2,1-3H3/t15-/m0/s1. The summed E-state index contributed by atoms with van der Waals surface area (Å²) in [6.45, 7) is 1.24. The summed E-state index contributed by atoms with van der Waals surface area (Å²) in [4.78, 5) is 43.7. The van der Waals surface area contributed by atoms with Crippen LogP contribution in [0.4, 0.5) is 0 Å². The van der Waals surface area contributed by atoms with Gasteiger partial charge in [-0.05, 0) is 36.2 Å². The summed E-state index contributed by atoms with van der Waals surface area (Å²) in [5.74, 6) is 0.914.